The van der Waals surface area contributed by atoms with Crippen molar-refractivity contribution in [3.8, 4) is 5.69 Å². The zero-order chi connectivity index (χ0) is 10.8. The third-order valence-corrected chi connectivity index (χ3v) is 2.50. The molecule has 15 heavy (non-hydrogen) atoms. The van der Waals surface area contributed by atoms with Gasteiger partial charge in [-0.3, -0.25) is 0 Å². The monoisotopic (exact) mass is 269 g/mol. The van der Waals surface area contributed by atoms with Gasteiger partial charge in [0.05, 0.1) is 5.69 Å². The van der Waals surface area contributed by atoms with Crippen molar-refractivity contribution in [2.75, 3.05) is 0 Å². The summed E-state index contributed by atoms with van der Waals surface area (Å²) in [6.07, 6.45) is 1.38. The number of rotatable bonds is 2. The van der Waals surface area contributed by atoms with Crippen LogP contribution < -0.4 is 5.69 Å². The minimum atomic E-state index is -0.414. The summed E-state index contributed by atoms with van der Waals surface area (Å²) in [5, 5.41) is 12.5. The van der Waals surface area contributed by atoms with Gasteiger partial charge < -0.3 is 5.11 Å². The molecule has 78 valence electrons. The van der Waals surface area contributed by atoms with Crippen molar-refractivity contribution < 1.29 is 5.11 Å². The van der Waals surface area contributed by atoms with Crippen molar-refractivity contribution in [1.29, 1.82) is 0 Å². The van der Waals surface area contributed by atoms with E-state index in [1.807, 2.05) is 12.1 Å². The van der Waals surface area contributed by atoms with Crippen molar-refractivity contribution in [3.63, 3.8) is 0 Å². The lowest BCUT2D eigenvalue weighted by Gasteiger charge is -1.99. The van der Waals surface area contributed by atoms with Crippen molar-refractivity contribution in [2.45, 2.75) is 6.73 Å². The number of aliphatic hydroxyl groups excluding tert-OH is 1. The fraction of sp³-hybridized carbons (Fsp3) is 0.111. The molecular weight excluding hydrogens is 262 g/mol. The van der Waals surface area contributed by atoms with Crippen LogP contribution in [0.15, 0.2) is 39.9 Å². The summed E-state index contributed by atoms with van der Waals surface area (Å²) in [6.45, 7) is -0.414. The molecule has 0 aliphatic carbocycles. The molecule has 5 nitrogen and oxygen atoms in total. The van der Waals surface area contributed by atoms with Crippen LogP contribution in [-0.4, -0.2) is 19.5 Å². The molecule has 0 saturated carbocycles. The third-order valence-electron chi connectivity index (χ3n) is 1.97. The smallest absolute Gasteiger partial charge is 0.352 e. The Labute approximate surface area is 93.7 Å². The number of benzene rings is 1. The average Bonchev–Trinajstić information content (AvgIpc) is 2.61. The zero-order valence-corrected chi connectivity index (χ0v) is 9.25. The molecule has 2 rings (SSSR count). The van der Waals surface area contributed by atoms with E-state index in [1.165, 1.54) is 10.9 Å². The minimum Gasteiger partial charge on any atom is -0.374 e. The molecule has 0 aliphatic rings. The van der Waals surface area contributed by atoms with Crippen LogP contribution in [0.3, 0.4) is 0 Å². The Bertz CT molecular complexity index is 515. The topological polar surface area (TPSA) is 60.0 Å². The third kappa shape index (κ3) is 1.86. The maximum Gasteiger partial charge on any atom is 0.352 e. The van der Waals surface area contributed by atoms with Gasteiger partial charge in [-0.05, 0) is 24.3 Å². The molecule has 0 aliphatic heterocycles. The SMILES string of the molecule is O=c1n(-c2ccc(Br)cc2)cnn1CO. The minimum absolute atomic E-state index is 0.361. The molecule has 1 aromatic carbocycles. The van der Waals surface area contributed by atoms with Crippen LogP contribution in [0.5, 0.6) is 0 Å². The molecule has 0 bridgehead atoms. The van der Waals surface area contributed by atoms with Gasteiger partial charge in [-0.1, -0.05) is 15.9 Å². The summed E-state index contributed by atoms with van der Waals surface area (Å²) >= 11 is 3.31. The first-order chi connectivity index (χ1) is 7.22. The van der Waals surface area contributed by atoms with Gasteiger partial charge in [0.25, 0.3) is 0 Å². The Morgan fingerprint density at radius 2 is 2.00 bits per heavy atom. The lowest BCUT2D eigenvalue weighted by molar-refractivity contribution is 0.190. The second-order valence-corrected chi connectivity index (χ2v) is 3.82. The average molecular weight is 270 g/mol. The van der Waals surface area contributed by atoms with Gasteiger partial charge >= 0.3 is 5.69 Å². The first-order valence-electron chi connectivity index (χ1n) is 4.23. The van der Waals surface area contributed by atoms with E-state index in [0.29, 0.717) is 5.69 Å². The normalized spacial score (nSPS) is 10.5. The Kier molecular flexibility index (Phi) is 2.70. The van der Waals surface area contributed by atoms with Gasteiger partial charge in [0, 0.05) is 4.47 Å². The van der Waals surface area contributed by atoms with E-state index in [9.17, 15) is 4.79 Å². The number of hydrogen-bond acceptors (Lipinski definition) is 3. The van der Waals surface area contributed by atoms with Crippen LogP contribution in [0.2, 0.25) is 0 Å². The first kappa shape index (κ1) is 10.1. The standard InChI is InChI=1S/C9H8BrN3O2/c10-7-1-3-8(4-2-7)12-5-11-13(6-14)9(12)15/h1-5,14H,6H2. The van der Waals surface area contributed by atoms with Gasteiger partial charge in [-0.2, -0.15) is 9.78 Å². The molecule has 0 spiro atoms. The van der Waals surface area contributed by atoms with Crippen molar-refractivity contribution >= 4 is 15.9 Å². The van der Waals surface area contributed by atoms with E-state index >= 15 is 0 Å². The molecule has 0 atom stereocenters. The highest BCUT2D eigenvalue weighted by molar-refractivity contribution is 9.10. The first-order valence-corrected chi connectivity index (χ1v) is 5.03. The fourth-order valence-corrected chi connectivity index (χ4v) is 1.48. The Morgan fingerprint density at radius 3 is 2.53 bits per heavy atom. The molecule has 1 aromatic heterocycles. The summed E-state index contributed by atoms with van der Waals surface area (Å²) in [5.41, 5.74) is 0.350. The second-order valence-electron chi connectivity index (χ2n) is 2.90. The predicted molar refractivity (Wildman–Crippen MR) is 57.7 cm³/mol. The van der Waals surface area contributed by atoms with Crippen LogP contribution in [0, 0.1) is 0 Å². The molecule has 0 amide bonds. The van der Waals surface area contributed by atoms with E-state index in [2.05, 4.69) is 21.0 Å². The Morgan fingerprint density at radius 1 is 1.33 bits per heavy atom. The molecule has 6 heteroatoms. The van der Waals surface area contributed by atoms with Gasteiger partial charge in [-0.25, -0.2) is 9.36 Å². The number of aliphatic hydroxyl groups is 1. The molecule has 0 radical (unpaired) electrons. The maximum absolute atomic E-state index is 11.6. The maximum atomic E-state index is 11.6. The number of hydrogen-bond donors (Lipinski definition) is 1. The highest BCUT2D eigenvalue weighted by atomic mass is 79.9. The van der Waals surface area contributed by atoms with Gasteiger partial charge in [0.2, 0.25) is 0 Å². The van der Waals surface area contributed by atoms with Crippen molar-refractivity contribution in [3.05, 3.63) is 45.5 Å². The molecule has 0 fully saturated rings. The summed E-state index contributed by atoms with van der Waals surface area (Å²) in [4.78, 5) is 11.6. The van der Waals surface area contributed by atoms with Crippen LogP contribution in [-0.2, 0) is 6.73 Å². The molecule has 2 aromatic rings. The van der Waals surface area contributed by atoms with Gasteiger partial charge in [0.15, 0.2) is 0 Å². The highest BCUT2D eigenvalue weighted by Crippen LogP contribution is 2.12. The van der Waals surface area contributed by atoms with Crippen LogP contribution in [0.1, 0.15) is 0 Å². The van der Waals surface area contributed by atoms with Crippen molar-refractivity contribution in [2.24, 2.45) is 0 Å². The number of aromatic nitrogens is 3. The zero-order valence-electron chi connectivity index (χ0n) is 7.67. The lowest BCUT2D eigenvalue weighted by atomic mass is 10.3. The number of halogens is 1. The quantitative estimate of drug-likeness (QED) is 0.875. The summed E-state index contributed by atoms with van der Waals surface area (Å²) in [6, 6.07) is 7.24. The predicted octanol–water partition coefficient (Wildman–Crippen LogP) is 0.746. The highest BCUT2D eigenvalue weighted by Gasteiger charge is 2.04. The molecule has 1 N–H and O–H groups in total. The van der Waals surface area contributed by atoms with Crippen molar-refractivity contribution in [1.82, 2.24) is 14.3 Å². The Balaban J connectivity index is 2.50. The summed E-state index contributed by atoms with van der Waals surface area (Å²) < 4.78 is 3.28. The Hall–Kier alpha value is -1.40. The molecule has 0 unspecified atom stereocenters. The molecule has 1 heterocycles. The van der Waals surface area contributed by atoms with E-state index < -0.39 is 6.73 Å². The molecule has 0 saturated heterocycles. The summed E-state index contributed by atoms with van der Waals surface area (Å²) in [7, 11) is 0. The summed E-state index contributed by atoms with van der Waals surface area (Å²) in [5.74, 6) is 0. The molecular formula is C9H8BrN3O2. The van der Waals surface area contributed by atoms with Gasteiger partial charge in [-0.15, -0.1) is 0 Å². The van der Waals surface area contributed by atoms with E-state index in [0.717, 1.165) is 9.15 Å². The van der Waals surface area contributed by atoms with Crippen LogP contribution in [0.4, 0.5) is 0 Å². The van der Waals surface area contributed by atoms with Crippen LogP contribution in [0.25, 0.3) is 5.69 Å². The largest absolute Gasteiger partial charge is 0.374 e. The fourth-order valence-electron chi connectivity index (χ4n) is 1.21. The van der Waals surface area contributed by atoms with Gasteiger partial charge in [0.1, 0.15) is 13.1 Å². The lowest BCUT2D eigenvalue weighted by Crippen LogP contribution is -2.23. The second kappa shape index (κ2) is 4.00. The number of nitrogens with zero attached hydrogens (tertiary/aromatic N) is 3. The van der Waals surface area contributed by atoms with E-state index in [4.69, 9.17) is 5.11 Å². The van der Waals surface area contributed by atoms with E-state index in [-0.39, 0.29) is 5.69 Å². The van der Waals surface area contributed by atoms with E-state index in [1.54, 1.807) is 12.1 Å². The van der Waals surface area contributed by atoms with Crippen LogP contribution >= 0.6 is 15.9 Å².